The SMILES string of the molecule is C=C=C(c1ccccc1)C(O)CC. The van der Waals surface area contributed by atoms with Gasteiger partial charge in [-0.2, -0.15) is 0 Å². The van der Waals surface area contributed by atoms with Crippen molar-refractivity contribution in [2.75, 3.05) is 0 Å². The van der Waals surface area contributed by atoms with Gasteiger partial charge in [-0.25, -0.2) is 0 Å². The third-order valence-corrected chi connectivity index (χ3v) is 2.00. The Labute approximate surface area is 79.0 Å². The number of hydrogen-bond donors (Lipinski definition) is 1. The molecular weight excluding hydrogens is 160 g/mol. The molecule has 0 heterocycles. The molecule has 1 rings (SSSR count). The molecule has 1 atom stereocenters. The van der Waals surface area contributed by atoms with Gasteiger partial charge in [0.15, 0.2) is 0 Å². The average molecular weight is 174 g/mol. The summed E-state index contributed by atoms with van der Waals surface area (Å²) >= 11 is 0. The zero-order chi connectivity index (χ0) is 9.68. The molecule has 0 radical (unpaired) electrons. The van der Waals surface area contributed by atoms with Crippen molar-refractivity contribution in [3.8, 4) is 0 Å². The molecule has 0 bridgehead atoms. The van der Waals surface area contributed by atoms with Crippen molar-refractivity contribution >= 4 is 5.57 Å². The van der Waals surface area contributed by atoms with Crippen LogP contribution in [0.5, 0.6) is 0 Å². The van der Waals surface area contributed by atoms with Gasteiger partial charge in [-0.3, -0.25) is 0 Å². The second kappa shape index (κ2) is 4.66. The van der Waals surface area contributed by atoms with Crippen molar-refractivity contribution in [2.45, 2.75) is 19.4 Å². The first-order chi connectivity index (χ1) is 6.29. The second-order valence-electron chi connectivity index (χ2n) is 2.88. The topological polar surface area (TPSA) is 20.2 Å². The molecular formula is C12H14O. The zero-order valence-corrected chi connectivity index (χ0v) is 7.83. The van der Waals surface area contributed by atoms with E-state index in [0.29, 0.717) is 6.42 Å². The van der Waals surface area contributed by atoms with Crippen LogP contribution >= 0.6 is 0 Å². The Hall–Kier alpha value is -1.30. The Morgan fingerprint density at radius 2 is 2.08 bits per heavy atom. The fourth-order valence-electron chi connectivity index (χ4n) is 1.23. The van der Waals surface area contributed by atoms with Gasteiger partial charge < -0.3 is 5.11 Å². The molecule has 1 unspecified atom stereocenters. The summed E-state index contributed by atoms with van der Waals surface area (Å²) < 4.78 is 0. The van der Waals surface area contributed by atoms with Crippen LogP contribution in [0.15, 0.2) is 42.6 Å². The summed E-state index contributed by atoms with van der Waals surface area (Å²) in [4.78, 5) is 0. The van der Waals surface area contributed by atoms with Gasteiger partial charge in [0.1, 0.15) is 0 Å². The Morgan fingerprint density at radius 3 is 2.54 bits per heavy atom. The molecule has 0 saturated carbocycles. The van der Waals surface area contributed by atoms with E-state index in [9.17, 15) is 5.11 Å². The molecule has 0 aromatic heterocycles. The molecule has 0 aliphatic heterocycles. The van der Waals surface area contributed by atoms with Gasteiger partial charge in [0.25, 0.3) is 0 Å². The van der Waals surface area contributed by atoms with Gasteiger partial charge in [-0.1, -0.05) is 43.8 Å². The lowest BCUT2D eigenvalue weighted by atomic mass is 10.0. The highest BCUT2D eigenvalue weighted by atomic mass is 16.3. The van der Waals surface area contributed by atoms with E-state index in [0.717, 1.165) is 11.1 Å². The molecule has 0 spiro atoms. The normalized spacial score (nSPS) is 11.8. The number of benzene rings is 1. The van der Waals surface area contributed by atoms with Crippen LogP contribution in [-0.4, -0.2) is 11.2 Å². The molecule has 1 aromatic rings. The van der Waals surface area contributed by atoms with Crippen molar-refractivity contribution in [3.63, 3.8) is 0 Å². The van der Waals surface area contributed by atoms with E-state index in [4.69, 9.17) is 0 Å². The highest BCUT2D eigenvalue weighted by Gasteiger charge is 2.08. The van der Waals surface area contributed by atoms with E-state index in [1.807, 2.05) is 37.3 Å². The molecule has 0 aliphatic rings. The average Bonchev–Trinajstić information content (AvgIpc) is 2.20. The van der Waals surface area contributed by atoms with Crippen LogP contribution in [-0.2, 0) is 0 Å². The molecule has 13 heavy (non-hydrogen) atoms. The third kappa shape index (κ3) is 2.32. The molecule has 1 N–H and O–H groups in total. The fourth-order valence-corrected chi connectivity index (χ4v) is 1.23. The van der Waals surface area contributed by atoms with Gasteiger partial charge in [0.2, 0.25) is 0 Å². The van der Waals surface area contributed by atoms with E-state index in [1.165, 1.54) is 0 Å². The van der Waals surface area contributed by atoms with Crippen LogP contribution in [0.1, 0.15) is 18.9 Å². The van der Waals surface area contributed by atoms with Crippen LogP contribution < -0.4 is 0 Å². The minimum absolute atomic E-state index is 0.458. The predicted octanol–water partition coefficient (Wildman–Crippen LogP) is 2.63. The lowest BCUT2D eigenvalue weighted by Gasteiger charge is -2.10. The Morgan fingerprint density at radius 1 is 1.46 bits per heavy atom. The summed E-state index contributed by atoms with van der Waals surface area (Å²) in [5.41, 5.74) is 4.56. The van der Waals surface area contributed by atoms with Crippen molar-refractivity contribution in [3.05, 3.63) is 48.2 Å². The summed E-state index contributed by atoms with van der Waals surface area (Å²) in [6, 6.07) is 9.73. The highest BCUT2D eigenvalue weighted by molar-refractivity contribution is 5.67. The largest absolute Gasteiger partial charge is 0.388 e. The molecule has 0 aliphatic carbocycles. The summed E-state index contributed by atoms with van der Waals surface area (Å²) in [6.07, 6.45) is 0.229. The smallest absolute Gasteiger partial charge is 0.0864 e. The number of hydrogen-bond acceptors (Lipinski definition) is 1. The van der Waals surface area contributed by atoms with E-state index in [2.05, 4.69) is 12.3 Å². The van der Waals surface area contributed by atoms with Crippen molar-refractivity contribution in [2.24, 2.45) is 0 Å². The quantitative estimate of drug-likeness (QED) is 0.698. The van der Waals surface area contributed by atoms with Gasteiger partial charge >= 0.3 is 0 Å². The van der Waals surface area contributed by atoms with Crippen molar-refractivity contribution in [1.29, 1.82) is 0 Å². The van der Waals surface area contributed by atoms with E-state index >= 15 is 0 Å². The molecule has 1 heteroatoms. The summed E-state index contributed by atoms with van der Waals surface area (Å²) in [5.74, 6) is 0. The molecule has 1 aromatic carbocycles. The van der Waals surface area contributed by atoms with Crippen LogP contribution in [0, 0.1) is 0 Å². The lowest BCUT2D eigenvalue weighted by Crippen LogP contribution is -2.06. The first-order valence-electron chi connectivity index (χ1n) is 4.43. The highest BCUT2D eigenvalue weighted by Crippen LogP contribution is 2.18. The number of aliphatic hydroxyl groups excluding tert-OH is 1. The first kappa shape index (κ1) is 9.79. The van der Waals surface area contributed by atoms with Gasteiger partial charge in [-0.05, 0) is 12.0 Å². The Bertz CT molecular complexity index is 307. The fraction of sp³-hybridized carbons (Fsp3) is 0.250. The number of rotatable bonds is 3. The minimum Gasteiger partial charge on any atom is -0.388 e. The summed E-state index contributed by atoms with van der Waals surface area (Å²) in [7, 11) is 0. The van der Waals surface area contributed by atoms with Gasteiger partial charge in [0, 0.05) is 5.57 Å². The Kier molecular flexibility index (Phi) is 3.51. The van der Waals surface area contributed by atoms with E-state index in [-0.39, 0.29) is 0 Å². The molecule has 0 saturated heterocycles. The molecule has 0 fully saturated rings. The van der Waals surface area contributed by atoms with Crippen LogP contribution in [0.3, 0.4) is 0 Å². The van der Waals surface area contributed by atoms with E-state index < -0.39 is 6.10 Å². The first-order valence-corrected chi connectivity index (χ1v) is 4.43. The maximum Gasteiger partial charge on any atom is 0.0864 e. The zero-order valence-electron chi connectivity index (χ0n) is 7.83. The summed E-state index contributed by atoms with van der Waals surface area (Å²) in [6.45, 7) is 5.52. The van der Waals surface area contributed by atoms with Crippen LogP contribution in [0.4, 0.5) is 0 Å². The van der Waals surface area contributed by atoms with Crippen molar-refractivity contribution < 1.29 is 5.11 Å². The van der Waals surface area contributed by atoms with Gasteiger partial charge in [0.05, 0.1) is 6.10 Å². The van der Waals surface area contributed by atoms with E-state index in [1.54, 1.807) is 0 Å². The molecule has 0 amide bonds. The number of aliphatic hydroxyl groups is 1. The minimum atomic E-state index is -0.458. The van der Waals surface area contributed by atoms with Crippen molar-refractivity contribution in [1.82, 2.24) is 0 Å². The molecule has 68 valence electrons. The third-order valence-electron chi connectivity index (χ3n) is 2.00. The standard InChI is InChI=1S/C12H14O/c1-3-11(12(13)4-2)10-8-6-5-7-9-10/h5-9,12-13H,1,4H2,2H3. The molecule has 1 nitrogen and oxygen atoms in total. The summed E-state index contributed by atoms with van der Waals surface area (Å²) in [5, 5.41) is 9.63. The second-order valence-corrected chi connectivity index (χ2v) is 2.88. The van der Waals surface area contributed by atoms with Crippen LogP contribution in [0.25, 0.3) is 5.57 Å². The monoisotopic (exact) mass is 174 g/mol. The maximum absolute atomic E-state index is 9.63. The maximum atomic E-state index is 9.63. The Balaban J connectivity index is 3.00. The van der Waals surface area contributed by atoms with Gasteiger partial charge in [-0.15, -0.1) is 5.73 Å². The predicted molar refractivity (Wildman–Crippen MR) is 55.3 cm³/mol. The van der Waals surface area contributed by atoms with Crippen LogP contribution in [0.2, 0.25) is 0 Å². The lowest BCUT2D eigenvalue weighted by molar-refractivity contribution is 0.228.